The monoisotopic (exact) mass is 399 g/mol. The molecule has 0 bridgehead atoms. The molecule has 144 valence electrons. The third-order valence-electron chi connectivity index (χ3n) is 3.87. The van der Waals surface area contributed by atoms with E-state index in [9.17, 15) is 9.90 Å². The number of aromatic hydroxyl groups is 1. The van der Waals surface area contributed by atoms with Crippen LogP contribution >= 0.6 is 11.6 Å². The number of hydrazone groups is 1. The quantitative estimate of drug-likeness (QED) is 0.479. The number of amides is 1. The first-order chi connectivity index (χ1) is 13.5. The van der Waals surface area contributed by atoms with Gasteiger partial charge in [-0.25, -0.2) is 5.43 Å². The second kappa shape index (κ2) is 8.58. The smallest absolute Gasteiger partial charge is 0.277 e. The van der Waals surface area contributed by atoms with Crippen LogP contribution in [-0.2, 0) is 0 Å². The molecule has 3 rings (SSSR count). The number of rotatable bonds is 6. The number of ether oxygens (including phenoxy) is 1. The van der Waals surface area contributed by atoms with Crippen LogP contribution in [0.5, 0.6) is 11.5 Å². The van der Waals surface area contributed by atoms with Gasteiger partial charge < -0.3 is 14.4 Å². The predicted molar refractivity (Wildman–Crippen MR) is 106 cm³/mol. The molecule has 0 fully saturated rings. The summed E-state index contributed by atoms with van der Waals surface area (Å²) in [5.74, 6) is 0.0305. The molecule has 1 aromatic heterocycles. The zero-order chi connectivity index (χ0) is 20.1. The van der Waals surface area contributed by atoms with Gasteiger partial charge in [0, 0.05) is 5.56 Å². The molecular formula is C20H18ClN3O4. The lowest BCUT2D eigenvalue weighted by molar-refractivity contribution is 0.0954. The molecule has 3 aromatic rings. The summed E-state index contributed by atoms with van der Waals surface area (Å²) in [7, 11) is 0. The van der Waals surface area contributed by atoms with Gasteiger partial charge in [0.1, 0.15) is 17.0 Å². The summed E-state index contributed by atoms with van der Waals surface area (Å²) >= 11 is 5.99. The van der Waals surface area contributed by atoms with Crippen molar-refractivity contribution in [3.63, 3.8) is 0 Å². The minimum atomic E-state index is -0.455. The number of halogens is 1. The van der Waals surface area contributed by atoms with Crippen LogP contribution in [-0.4, -0.2) is 29.0 Å². The fourth-order valence-electron chi connectivity index (χ4n) is 2.59. The Morgan fingerprint density at radius 3 is 2.82 bits per heavy atom. The van der Waals surface area contributed by atoms with Gasteiger partial charge in [-0.05, 0) is 31.5 Å². The van der Waals surface area contributed by atoms with E-state index < -0.39 is 5.91 Å². The molecule has 0 saturated carbocycles. The van der Waals surface area contributed by atoms with Crippen LogP contribution in [0.15, 0.2) is 52.1 Å². The molecule has 0 saturated heterocycles. The van der Waals surface area contributed by atoms with Gasteiger partial charge in [0.05, 0.1) is 17.8 Å². The molecule has 7 nitrogen and oxygen atoms in total. The lowest BCUT2D eigenvalue weighted by atomic mass is 10.1. The van der Waals surface area contributed by atoms with Crippen LogP contribution < -0.4 is 10.2 Å². The van der Waals surface area contributed by atoms with Crippen LogP contribution in [0.4, 0.5) is 0 Å². The Bertz CT molecular complexity index is 1020. The molecule has 0 aliphatic heterocycles. The molecule has 28 heavy (non-hydrogen) atoms. The first-order valence-electron chi connectivity index (χ1n) is 8.51. The van der Waals surface area contributed by atoms with Gasteiger partial charge in [-0.15, -0.1) is 0 Å². The number of phenols is 1. The Balaban J connectivity index is 1.79. The fraction of sp³-hybridized carbons (Fsp3) is 0.150. The average molecular weight is 400 g/mol. The summed E-state index contributed by atoms with van der Waals surface area (Å²) in [6.45, 7) is 3.82. The van der Waals surface area contributed by atoms with E-state index in [4.69, 9.17) is 20.9 Å². The van der Waals surface area contributed by atoms with Crippen LogP contribution in [0.25, 0.3) is 11.3 Å². The second-order valence-electron chi connectivity index (χ2n) is 5.81. The van der Waals surface area contributed by atoms with Gasteiger partial charge in [-0.2, -0.15) is 5.10 Å². The van der Waals surface area contributed by atoms with Gasteiger partial charge in [0.2, 0.25) is 0 Å². The molecule has 8 heteroatoms. The maximum atomic E-state index is 12.6. The summed E-state index contributed by atoms with van der Waals surface area (Å²) < 4.78 is 10.5. The molecular weight excluding hydrogens is 382 g/mol. The van der Waals surface area contributed by atoms with E-state index in [1.807, 2.05) is 30.3 Å². The van der Waals surface area contributed by atoms with Gasteiger partial charge in [0.15, 0.2) is 11.5 Å². The number of nitrogens with zero attached hydrogens (tertiary/aromatic N) is 2. The van der Waals surface area contributed by atoms with Gasteiger partial charge in [-0.1, -0.05) is 47.1 Å². The Labute approximate surface area is 166 Å². The molecule has 0 aliphatic rings. The van der Waals surface area contributed by atoms with E-state index in [-0.39, 0.29) is 16.5 Å². The number of hydrogen-bond donors (Lipinski definition) is 2. The van der Waals surface area contributed by atoms with Gasteiger partial charge >= 0.3 is 0 Å². The largest absolute Gasteiger partial charge is 0.503 e. The number of carbonyl (C=O) groups excluding carboxylic acids is 1. The van der Waals surface area contributed by atoms with E-state index in [0.29, 0.717) is 29.2 Å². The minimum Gasteiger partial charge on any atom is -0.503 e. The van der Waals surface area contributed by atoms with Crippen molar-refractivity contribution in [2.24, 2.45) is 5.10 Å². The van der Waals surface area contributed by atoms with Gasteiger partial charge in [-0.3, -0.25) is 4.79 Å². The zero-order valence-corrected chi connectivity index (χ0v) is 16.0. The Morgan fingerprint density at radius 2 is 2.11 bits per heavy atom. The van der Waals surface area contributed by atoms with Crippen molar-refractivity contribution >= 4 is 23.7 Å². The summed E-state index contributed by atoms with van der Waals surface area (Å²) in [4.78, 5) is 12.6. The highest BCUT2D eigenvalue weighted by atomic mass is 35.5. The molecule has 0 radical (unpaired) electrons. The number of carbonyl (C=O) groups is 1. The molecule has 0 unspecified atom stereocenters. The first kappa shape index (κ1) is 19.4. The third-order valence-corrected chi connectivity index (χ3v) is 4.16. The number of aryl methyl sites for hydroxylation is 1. The summed E-state index contributed by atoms with van der Waals surface area (Å²) in [5.41, 5.74) is 4.52. The maximum Gasteiger partial charge on any atom is 0.277 e. The third kappa shape index (κ3) is 4.15. The van der Waals surface area contributed by atoms with Crippen molar-refractivity contribution in [3.8, 4) is 22.8 Å². The zero-order valence-electron chi connectivity index (χ0n) is 15.3. The molecule has 2 aromatic carbocycles. The van der Waals surface area contributed by atoms with Gasteiger partial charge in [0.25, 0.3) is 5.91 Å². The van der Waals surface area contributed by atoms with Crippen LogP contribution in [0.1, 0.15) is 28.6 Å². The van der Waals surface area contributed by atoms with Crippen molar-refractivity contribution < 1.29 is 19.2 Å². The number of benzene rings is 2. The molecule has 0 atom stereocenters. The molecule has 0 spiro atoms. The number of phenolic OH excluding ortho intramolecular Hbond substituents is 1. The maximum absolute atomic E-state index is 12.6. The highest BCUT2D eigenvalue weighted by molar-refractivity contribution is 6.32. The molecule has 1 amide bonds. The number of nitrogens with one attached hydrogen (secondary N) is 1. The Hall–Kier alpha value is -3.32. The van der Waals surface area contributed by atoms with Crippen molar-refractivity contribution in [1.29, 1.82) is 0 Å². The van der Waals surface area contributed by atoms with Crippen molar-refractivity contribution in [1.82, 2.24) is 10.6 Å². The fourth-order valence-corrected chi connectivity index (χ4v) is 2.81. The van der Waals surface area contributed by atoms with Crippen molar-refractivity contribution in [3.05, 3.63) is 64.4 Å². The standard InChI is InChI=1S/C20H18ClN3O4/c1-3-27-16-10-13(9-15(21)19(16)25)11-22-23-20(26)17-12(2)28-24-18(17)14-7-5-4-6-8-14/h4-11,25H,3H2,1-2H3,(H,23,26). The lowest BCUT2D eigenvalue weighted by Crippen LogP contribution is -2.18. The van der Waals surface area contributed by atoms with Crippen LogP contribution in [0.3, 0.4) is 0 Å². The topological polar surface area (TPSA) is 97.0 Å². The SMILES string of the molecule is CCOc1cc(C=NNC(=O)c2c(-c3ccccc3)noc2C)cc(Cl)c1O. The minimum absolute atomic E-state index is 0.125. The second-order valence-corrected chi connectivity index (χ2v) is 6.22. The van der Waals surface area contributed by atoms with E-state index in [0.717, 1.165) is 5.56 Å². The average Bonchev–Trinajstić information content (AvgIpc) is 3.08. The lowest BCUT2D eigenvalue weighted by Gasteiger charge is -2.08. The van der Waals surface area contributed by atoms with E-state index >= 15 is 0 Å². The van der Waals surface area contributed by atoms with E-state index in [1.165, 1.54) is 12.3 Å². The summed E-state index contributed by atoms with van der Waals surface area (Å²) in [6, 6.07) is 12.3. The Morgan fingerprint density at radius 1 is 1.36 bits per heavy atom. The number of hydrogen-bond acceptors (Lipinski definition) is 6. The highest BCUT2D eigenvalue weighted by Gasteiger charge is 2.21. The molecule has 0 aliphatic carbocycles. The van der Waals surface area contributed by atoms with E-state index in [1.54, 1.807) is 19.9 Å². The van der Waals surface area contributed by atoms with Crippen molar-refractivity contribution in [2.45, 2.75) is 13.8 Å². The Kier molecular flexibility index (Phi) is 5.96. The highest BCUT2D eigenvalue weighted by Crippen LogP contribution is 2.34. The van der Waals surface area contributed by atoms with Crippen molar-refractivity contribution in [2.75, 3.05) is 6.61 Å². The predicted octanol–water partition coefficient (Wildman–Crippen LogP) is 4.17. The normalized spacial score (nSPS) is 11.0. The van der Waals surface area contributed by atoms with Crippen LogP contribution in [0, 0.1) is 6.92 Å². The first-order valence-corrected chi connectivity index (χ1v) is 8.89. The van der Waals surface area contributed by atoms with E-state index in [2.05, 4.69) is 15.7 Å². The van der Waals surface area contributed by atoms with Crippen LogP contribution in [0.2, 0.25) is 5.02 Å². The summed E-state index contributed by atoms with van der Waals surface area (Å²) in [6.07, 6.45) is 1.40. The molecule has 1 heterocycles. The number of aromatic nitrogens is 1. The summed E-state index contributed by atoms with van der Waals surface area (Å²) in [5, 5.41) is 17.9. The molecule has 2 N–H and O–H groups in total.